The van der Waals surface area contributed by atoms with Crippen molar-refractivity contribution in [1.29, 1.82) is 0 Å². The topological polar surface area (TPSA) is 96.7 Å². The molecule has 0 amide bonds. The van der Waals surface area contributed by atoms with Crippen molar-refractivity contribution in [3.8, 4) is 0 Å². The molecule has 196 valence electrons. The van der Waals surface area contributed by atoms with Crippen molar-refractivity contribution in [2.75, 3.05) is 0 Å². The average molecular weight is 510 g/mol. The summed E-state index contributed by atoms with van der Waals surface area (Å²) in [4.78, 5) is 30.4. The molecule has 8 heteroatoms. The minimum Gasteiger partial charge on any atom is -0.457 e. The third kappa shape index (κ3) is 7.79. The number of halogens is 1. The van der Waals surface area contributed by atoms with Gasteiger partial charge >= 0.3 is 5.97 Å². The monoisotopic (exact) mass is 509 g/mol. The molecule has 1 aromatic heterocycles. The first-order chi connectivity index (χ1) is 16.2. The minimum absolute atomic E-state index is 0.213. The van der Waals surface area contributed by atoms with E-state index in [2.05, 4.69) is 4.98 Å². The van der Waals surface area contributed by atoms with Crippen LogP contribution in [0.4, 0.5) is 4.39 Å². The fourth-order valence-corrected chi connectivity index (χ4v) is 4.92. The molecular formula is C27H40FNO5S. The Labute approximate surface area is 212 Å². The second-order valence-corrected chi connectivity index (χ2v) is 11.5. The summed E-state index contributed by atoms with van der Waals surface area (Å²) in [6, 6.07) is 0. The number of carbonyl (C=O) groups excluding carboxylic acids is 2. The quantitative estimate of drug-likeness (QED) is 0.419. The van der Waals surface area contributed by atoms with Gasteiger partial charge in [0, 0.05) is 17.7 Å². The first kappa shape index (κ1) is 29.3. The zero-order valence-corrected chi connectivity index (χ0v) is 22.7. The molecule has 1 aromatic rings. The summed E-state index contributed by atoms with van der Waals surface area (Å²) >= 11 is 1.51. The maximum atomic E-state index is 14.9. The summed E-state index contributed by atoms with van der Waals surface area (Å²) in [7, 11) is 0. The summed E-state index contributed by atoms with van der Waals surface area (Å²) in [5.41, 5.74) is 0.765. The van der Waals surface area contributed by atoms with Gasteiger partial charge in [0.05, 0.1) is 34.7 Å². The number of aryl methyl sites for hydroxylation is 1. The molecule has 0 aromatic carbocycles. The number of ether oxygens (including phenoxy) is 1. The van der Waals surface area contributed by atoms with Gasteiger partial charge in [-0.3, -0.25) is 9.59 Å². The van der Waals surface area contributed by atoms with E-state index in [1.165, 1.54) is 11.3 Å². The summed E-state index contributed by atoms with van der Waals surface area (Å²) in [5, 5.41) is 24.4. The van der Waals surface area contributed by atoms with Crippen molar-refractivity contribution in [2.45, 2.75) is 98.6 Å². The number of aliphatic hydroxyl groups excluding tert-OH is 2. The smallest absolute Gasteiger partial charge is 0.309 e. The van der Waals surface area contributed by atoms with Gasteiger partial charge in [0.15, 0.2) is 0 Å². The molecule has 0 bridgehead atoms. The Kier molecular flexibility index (Phi) is 10.4. The van der Waals surface area contributed by atoms with Crippen LogP contribution in [-0.4, -0.2) is 51.4 Å². The Bertz CT molecular complexity index is 953. The molecule has 35 heavy (non-hydrogen) atoms. The number of ketones is 1. The second-order valence-electron chi connectivity index (χ2n) is 10.4. The zero-order chi connectivity index (χ0) is 26.5. The number of hydrogen-bond acceptors (Lipinski definition) is 7. The molecular weight excluding hydrogens is 469 g/mol. The van der Waals surface area contributed by atoms with Gasteiger partial charge in [-0.15, -0.1) is 11.3 Å². The van der Waals surface area contributed by atoms with Crippen LogP contribution < -0.4 is 0 Å². The molecule has 0 fully saturated rings. The van der Waals surface area contributed by atoms with Crippen molar-refractivity contribution in [1.82, 2.24) is 4.98 Å². The van der Waals surface area contributed by atoms with Gasteiger partial charge in [0.2, 0.25) is 0 Å². The molecule has 1 aliphatic rings. The standard InChI is InChI=1S/C27H40FNO5S/c1-15-9-11-22(17(3)12-20-14-35-19(5)29-20)34-24(31)13-23(30)27(6,7)26(33)18(4)25(32)16(2)8-10-21(15)28/h9,12,14,16,18,21-23,25,30,32H,8,10-11,13H2,1-7H3/b15-9-,17-12+/t16-,18-,21?,22-,23+,25-/m1/s1. The first-order valence-electron chi connectivity index (χ1n) is 12.2. The van der Waals surface area contributed by atoms with Crippen LogP contribution in [-0.2, 0) is 14.3 Å². The normalized spacial score (nSPS) is 33.7. The van der Waals surface area contributed by atoms with Gasteiger partial charge < -0.3 is 14.9 Å². The maximum absolute atomic E-state index is 14.9. The van der Waals surface area contributed by atoms with E-state index in [9.17, 15) is 24.2 Å². The highest BCUT2D eigenvalue weighted by molar-refractivity contribution is 7.09. The Hall–Kier alpha value is -1.90. The lowest BCUT2D eigenvalue weighted by atomic mass is 9.73. The van der Waals surface area contributed by atoms with E-state index < -0.39 is 41.8 Å². The summed E-state index contributed by atoms with van der Waals surface area (Å²) in [6.45, 7) is 12.0. The van der Waals surface area contributed by atoms with Gasteiger partial charge in [-0.2, -0.15) is 0 Å². The molecule has 2 N–H and O–H groups in total. The van der Waals surface area contributed by atoms with Crippen LogP contribution in [0.5, 0.6) is 0 Å². The number of aromatic nitrogens is 1. The average Bonchev–Trinajstić information content (AvgIpc) is 3.21. The third-order valence-corrected chi connectivity index (χ3v) is 7.95. The predicted octanol–water partition coefficient (Wildman–Crippen LogP) is 5.21. The summed E-state index contributed by atoms with van der Waals surface area (Å²) in [6.07, 6.45) is -0.0115. The lowest BCUT2D eigenvalue weighted by Gasteiger charge is -2.34. The highest BCUT2D eigenvalue weighted by Gasteiger charge is 2.42. The zero-order valence-electron chi connectivity index (χ0n) is 21.9. The molecule has 0 aliphatic carbocycles. The van der Waals surface area contributed by atoms with Crippen molar-refractivity contribution >= 4 is 29.2 Å². The molecule has 2 rings (SSSR count). The number of hydrogen-bond donors (Lipinski definition) is 2. The number of cyclic esters (lactones) is 1. The molecule has 6 atom stereocenters. The SMILES string of the molecule is C/C1=C/C[C@H](/C(C)=C/c2csc(C)n2)OC(=O)C[C@H](O)C(C)(C)C(=O)[C@H](C)[C@H](O)[C@H](C)CCC1F. The molecule has 0 radical (unpaired) electrons. The van der Waals surface area contributed by atoms with Gasteiger partial charge in [0.1, 0.15) is 18.1 Å². The number of alkyl halides is 1. The number of nitrogens with zero attached hydrogens (tertiary/aromatic N) is 1. The molecule has 0 spiro atoms. The van der Waals surface area contributed by atoms with Gasteiger partial charge in [0.25, 0.3) is 0 Å². The number of allylic oxidation sites excluding steroid dienone is 1. The largest absolute Gasteiger partial charge is 0.457 e. The van der Waals surface area contributed by atoms with Gasteiger partial charge in [-0.1, -0.05) is 33.8 Å². The summed E-state index contributed by atoms with van der Waals surface area (Å²) in [5.74, 6) is -2.07. The van der Waals surface area contributed by atoms with Gasteiger partial charge in [-0.25, -0.2) is 9.37 Å². The summed E-state index contributed by atoms with van der Waals surface area (Å²) < 4.78 is 20.6. The van der Waals surface area contributed by atoms with E-state index in [1.807, 2.05) is 25.3 Å². The van der Waals surface area contributed by atoms with Crippen LogP contribution in [0.15, 0.2) is 22.6 Å². The molecule has 0 saturated heterocycles. The van der Waals surface area contributed by atoms with Crippen LogP contribution >= 0.6 is 11.3 Å². The van der Waals surface area contributed by atoms with E-state index in [4.69, 9.17) is 4.74 Å². The van der Waals surface area contributed by atoms with E-state index in [-0.39, 0.29) is 31.0 Å². The number of carbonyl (C=O) groups is 2. The fraction of sp³-hybridized carbons (Fsp3) is 0.667. The van der Waals surface area contributed by atoms with Crippen molar-refractivity contribution in [3.63, 3.8) is 0 Å². The molecule has 1 aliphatic heterocycles. The highest BCUT2D eigenvalue weighted by Crippen LogP contribution is 2.33. The van der Waals surface area contributed by atoms with Gasteiger partial charge in [-0.05, 0) is 56.8 Å². The molecule has 0 saturated carbocycles. The number of thiazole rings is 1. The van der Waals surface area contributed by atoms with Crippen LogP contribution in [0.25, 0.3) is 6.08 Å². The van der Waals surface area contributed by atoms with Crippen LogP contribution in [0.3, 0.4) is 0 Å². The fourth-order valence-electron chi connectivity index (χ4n) is 4.35. The Morgan fingerprint density at radius 1 is 1.23 bits per heavy atom. The van der Waals surface area contributed by atoms with E-state index in [1.54, 1.807) is 40.7 Å². The number of Topliss-reactive ketones (excluding diaryl/α,β-unsaturated/α-hetero) is 1. The van der Waals surface area contributed by atoms with Crippen LogP contribution in [0, 0.1) is 24.2 Å². The predicted molar refractivity (Wildman–Crippen MR) is 137 cm³/mol. The highest BCUT2D eigenvalue weighted by atomic mass is 32.1. The Morgan fingerprint density at radius 2 is 1.89 bits per heavy atom. The second kappa shape index (κ2) is 12.4. The van der Waals surface area contributed by atoms with Crippen molar-refractivity contribution < 1.29 is 28.9 Å². The lowest BCUT2D eigenvalue weighted by molar-refractivity contribution is -0.154. The number of esters is 1. The first-order valence-corrected chi connectivity index (χ1v) is 13.1. The van der Waals surface area contributed by atoms with E-state index in [0.29, 0.717) is 12.0 Å². The Morgan fingerprint density at radius 3 is 2.49 bits per heavy atom. The van der Waals surface area contributed by atoms with Crippen molar-refractivity contribution in [3.05, 3.63) is 33.3 Å². The maximum Gasteiger partial charge on any atom is 0.309 e. The third-order valence-electron chi connectivity index (χ3n) is 7.15. The van der Waals surface area contributed by atoms with Crippen LogP contribution in [0.1, 0.15) is 77.9 Å². The van der Waals surface area contributed by atoms with E-state index >= 15 is 0 Å². The minimum atomic E-state index is -1.28. The number of aliphatic hydroxyl groups is 2. The molecule has 6 nitrogen and oxygen atoms in total. The molecule has 2 heterocycles. The molecule has 1 unspecified atom stereocenters. The Balaban J connectivity index is 2.38. The van der Waals surface area contributed by atoms with Crippen molar-refractivity contribution in [2.24, 2.45) is 17.3 Å². The lowest BCUT2D eigenvalue weighted by Crippen LogP contribution is -2.45. The van der Waals surface area contributed by atoms with Crippen LogP contribution in [0.2, 0.25) is 0 Å². The number of rotatable bonds is 2. The van der Waals surface area contributed by atoms with E-state index in [0.717, 1.165) is 16.3 Å².